The van der Waals surface area contributed by atoms with Gasteiger partial charge in [0.1, 0.15) is 5.75 Å². The summed E-state index contributed by atoms with van der Waals surface area (Å²) in [6, 6.07) is 6.12. The number of carbonyl (C=O) groups is 1. The van der Waals surface area contributed by atoms with Gasteiger partial charge in [0.05, 0.1) is 11.7 Å². The standard InChI is InChI=1S/C15H22O3.HNO2/c1-3-4-5-6-7-12(2)18-15(17)13-8-10-14(16)11-9-13;2-1-3/h8-12,16H,3-7H2,1-2H3;(H,2,3). The van der Waals surface area contributed by atoms with Crippen LogP contribution in [0.1, 0.15) is 56.3 Å². The molecule has 1 aromatic carbocycles. The molecule has 0 radical (unpaired) electrons. The first kappa shape index (κ1) is 18.9. The van der Waals surface area contributed by atoms with Gasteiger partial charge in [-0.1, -0.05) is 26.2 Å². The van der Waals surface area contributed by atoms with Gasteiger partial charge in [-0.2, -0.15) is 0 Å². The van der Waals surface area contributed by atoms with Crippen LogP contribution in [0.3, 0.4) is 0 Å². The van der Waals surface area contributed by atoms with Gasteiger partial charge < -0.3 is 15.1 Å². The second-order valence-electron chi connectivity index (χ2n) is 4.69. The number of nitrogens with zero attached hydrogens (tertiary/aromatic N) is 1. The van der Waals surface area contributed by atoms with Crippen molar-refractivity contribution in [1.82, 2.24) is 0 Å². The average molecular weight is 297 g/mol. The quantitative estimate of drug-likeness (QED) is 0.342. The van der Waals surface area contributed by atoms with Crippen LogP contribution in [0.4, 0.5) is 0 Å². The number of phenols is 1. The number of benzene rings is 1. The second-order valence-corrected chi connectivity index (χ2v) is 4.69. The number of rotatable bonds is 7. The number of hydrogen-bond acceptors (Lipinski definition) is 5. The van der Waals surface area contributed by atoms with Crippen LogP contribution < -0.4 is 0 Å². The fourth-order valence-electron chi connectivity index (χ4n) is 1.77. The van der Waals surface area contributed by atoms with E-state index >= 15 is 0 Å². The third-order valence-corrected chi connectivity index (χ3v) is 2.88. The van der Waals surface area contributed by atoms with Gasteiger partial charge in [0, 0.05) is 0 Å². The number of aromatic hydroxyl groups is 1. The lowest BCUT2D eigenvalue weighted by atomic mass is 10.1. The number of carbonyl (C=O) groups excluding carboxylic acids is 1. The van der Waals surface area contributed by atoms with Gasteiger partial charge in [0.2, 0.25) is 0 Å². The minimum atomic E-state index is -0.321. The van der Waals surface area contributed by atoms with Crippen LogP contribution in [0.25, 0.3) is 0 Å². The van der Waals surface area contributed by atoms with Gasteiger partial charge in [0.25, 0.3) is 0 Å². The molecular formula is C15H23NO5. The van der Waals surface area contributed by atoms with Crippen molar-refractivity contribution in [3.8, 4) is 5.75 Å². The molecule has 6 nitrogen and oxygen atoms in total. The molecule has 0 amide bonds. The highest BCUT2D eigenvalue weighted by Crippen LogP contribution is 2.13. The molecule has 6 heteroatoms. The molecule has 0 spiro atoms. The van der Waals surface area contributed by atoms with Crippen LogP contribution in [0.5, 0.6) is 5.75 Å². The number of ether oxygens (including phenoxy) is 1. The number of esters is 1. The Morgan fingerprint density at radius 1 is 1.24 bits per heavy atom. The van der Waals surface area contributed by atoms with Crippen LogP contribution in [-0.4, -0.2) is 22.4 Å². The fraction of sp³-hybridized carbons (Fsp3) is 0.533. The fourth-order valence-corrected chi connectivity index (χ4v) is 1.77. The topological polar surface area (TPSA) is 96.2 Å². The zero-order valence-electron chi connectivity index (χ0n) is 12.5. The van der Waals surface area contributed by atoms with Gasteiger partial charge in [-0.25, -0.2) is 4.79 Å². The van der Waals surface area contributed by atoms with Gasteiger partial charge in [-0.15, -0.1) is 4.91 Å². The van der Waals surface area contributed by atoms with Crippen molar-refractivity contribution in [2.75, 3.05) is 0 Å². The highest BCUT2D eigenvalue weighted by atomic mass is 16.6. The van der Waals surface area contributed by atoms with Crippen LogP contribution in [-0.2, 0) is 4.74 Å². The molecule has 1 atom stereocenters. The van der Waals surface area contributed by atoms with E-state index in [0.717, 1.165) is 12.8 Å². The summed E-state index contributed by atoms with van der Waals surface area (Å²) in [5.74, 6) is -0.169. The molecule has 21 heavy (non-hydrogen) atoms. The molecular weight excluding hydrogens is 274 g/mol. The van der Waals surface area contributed by atoms with Crippen molar-refractivity contribution in [1.29, 1.82) is 0 Å². The number of phenolic OH excluding ortho intramolecular Hbond substituents is 1. The van der Waals surface area contributed by atoms with Crippen LogP contribution >= 0.6 is 0 Å². The molecule has 0 aliphatic carbocycles. The van der Waals surface area contributed by atoms with E-state index in [-0.39, 0.29) is 17.8 Å². The predicted molar refractivity (Wildman–Crippen MR) is 79.3 cm³/mol. The van der Waals surface area contributed by atoms with Crippen molar-refractivity contribution in [3.05, 3.63) is 34.7 Å². The Morgan fingerprint density at radius 2 is 1.81 bits per heavy atom. The zero-order valence-corrected chi connectivity index (χ0v) is 12.5. The Bertz CT molecular complexity index is 405. The first-order valence-corrected chi connectivity index (χ1v) is 7.01. The van der Waals surface area contributed by atoms with Crippen LogP contribution in [0.15, 0.2) is 29.6 Å². The van der Waals surface area contributed by atoms with E-state index in [2.05, 4.69) is 6.92 Å². The SMILES string of the molecule is CCCCCCC(C)OC(=O)c1ccc(O)cc1.O=NO. The maximum atomic E-state index is 11.8. The molecule has 0 bridgehead atoms. The Morgan fingerprint density at radius 3 is 2.33 bits per heavy atom. The highest BCUT2D eigenvalue weighted by Gasteiger charge is 2.11. The third kappa shape index (κ3) is 9.43. The summed E-state index contributed by atoms with van der Waals surface area (Å²) in [7, 11) is 0. The van der Waals surface area contributed by atoms with Crippen molar-refractivity contribution < 1.29 is 19.8 Å². The summed E-state index contributed by atoms with van der Waals surface area (Å²) in [4.78, 5) is 19.9. The molecule has 0 aliphatic rings. The van der Waals surface area contributed by atoms with Crippen molar-refractivity contribution in [2.45, 2.75) is 52.1 Å². The molecule has 0 saturated carbocycles. The second kappa shape index (κ2) is 11.7. The van der Waals surface area contributed by atoms with Crippen molar-refractivity contribution >= 4 is 5.97 Å². The molecule has 118 valence electrons. The minimum absolute atomic E-state index is 0.0526. The zero-order chi connectivity index (χ0) is 16.1. The Balaban J connectivity index is 0.00000122. The molecule has 0 aliphatic heterocycles. The van der Waals surface area contributed by atoms with Gasteiger partial charge >= 0.3 is 5.97 Å². The summed E-state index contributed by atoms with van der Waals surface area (Å²) in [6.07, 6.45) is 5.59. The molecule has 0 aromatic heterocycles. The highest BCUT2D eigenvalue weighted by molar-refractivity contribution is 5.89. The van der Waals surface area contributed by atoms with Crippen LogP contribution in [0.2, 0.25) is 0 Å². The molecule has 0 fully saturated rings. The van der Waals surface area contributed by atoms with Crippen LogP contribution in [0, 0.1) is 4.91 Å². The van der Waals surface area contributed by atoms with Gasteiger partial charge in [0.15, 0.2) is 5.34 Å². The summed E-state index contributed by atoms with van der Waals surface area (Å²) in [6.45, 7) is 4.10. The van der Waals surface area contributed by atoms with Crippen molar-refractivity contribution in [2.24, 2.45) is 5.34 Å². The van der Waals surface area contributed by atoms with E-state index in [4.69, 9.17) is 20.0 Å². The lowest BCUT2D eigenvalue weighted by molar-refractivity contribution is 0.0319. The third-order valence-electron chi connectivity index (χ3n) is 2.88. The first-order valence-electron chi connectivity index (χ1n) is 7.01. The molecule has 1 unspecified atom stereocenters. The number of unbranched alkanes of at least 4 members (excludes halogenated alkanes) is 3. The molecule has 0 heterocycles. The monoisotopic (exact) mass is 297 g/mol. The predicted octanol–water partition coefficient (Wildman–Crippen LogP) is 4.05. The summed E-state index contributed by atoms with van der Waals surface area (Å²) in [5, 5.41) is 17.0. The molecule has 0 saturated heterocycles. The van der Waals surface area contributed by atoms with E-state index < -0.39 is 0 Å². The Kier molecular flexibility index (Phi) is 10.5. The largest absolute Gasteiger partial charge is 0.508 e. The lowest BCUT2D eigenvalue weighted by Crippen LogP contribution is -2.14. The Hall–Kier alpha value is -2.11. The van der Waals surface area contributed by atoms with E-state index in [1.54, 1.807) is 12.1 Å². The first-order chi connectivity index (χ1) is 10.0. The van der Waals surface area contributed by atoms with E-state index in [0.29, 0.717) is 5.56 Å². The molecule has 2 N–H and O–H groups in total. The minimum Gasteiger partial charge on any atom is -0.508 e. The smallest absolute Gasteiger partial charge is 0.338 e. The summed E-state index contributed by atoms with van der Waals surface area (Å²) >= 11 is 0. The maximum Gasteiger partial charge on any atom is 0.338 e. The van der Waals surface area contributed by atoms with E-state index in [1.165, 1.54) is 36.7 Å². The number of hydrogen-bond donors (Lipinski definition) is 2. The summed E-state index contributed by atoms with van der Waals surface area (Å²) < 4.78 is 5.34. The average Bonchev–Trinajstić information content (AvgIpc) is 2.45. The van der Waals surface area contributed by atoms with Crippen molar-refractivity contribution in [3.63, 3.8) is 0 Å². The van der Waals surface area contributed by atoms with E-state index in [1.807, 2.05) is 6.92 Å². The molecule has 1 rings (SSSR count). The lowest BCUT2D eigenvalue weighted by Gasteiger charge is -2.13. The molecule has 1 aromatic rings. The Labute approximate surface area is 124 Å². The van der Waals surface area contributed by atoms with Gasteiger partial charge in [-0.05, 0) is 44.0 Å². The summed E-state index contributed by atoms with van der Waals surface area (Å²) in [5.41, 5.74) is 0.480. The maximum absolute atomic E-state index is 11.8. The normalized spacial score (nSPS) is 11.0. The van der Waals surface area contributed by atoms with E-state index in [9.17, 15) is 4.79 Å². The van der Waals surface area contributed by atoms with Gasteiger partial charge in [-0.3, -0.25) is 0 Å².